The van der Waals surface area contributed by atoms with Gasteiger partial charge in [-0.3, -0.25) is 0 Å². The van der Waals surface area contributed by atoms with Gasteiger partial charge in [0.15, 0.2) is 0 Å². The Balaban J connectivity index is 0.990. The second kappa shape index (κ2) is 13.1. The van der Waals surface area contributed by atoms with Crippen LogP contribution in [0.5, 0.6) is 0 Å². The first-order valence-corrected chi connectivity index (χ1v) is 24.3. The Morgan fingerprint density at radius 2 is 0.829 bits per heavy atom. The third kappa shape index (κ3) is 4.38. The lowest BCUT2D eigenvalue weighted by molar-refractivity contribution is 0.669. The number of aromatic nitrogens is 2. The molecule has 322 valence electrons. The first kappa shape index (κ1) is 36.9. The smallest absolute Gasteiger partial charge is 0.136 e. The van der Waals surface area contributed by atoms with Crippen molar-refractivity contribution in [2.75, 3.05) is 0 Å². The van der Waals surface area contributed by atoms with Gasteiger partial charge >= 0.3 is 0 Å². The second-order valence-corrected chi connectivity index (χ2v) is 19.4. The van der Waals surface area contributed by atoms with Crippen molar-refractivity contribution >= 4 is 87.1 Å². The molecule has 0 fully saturated rings. The number of benzene rings is 12. The predicted molar refractivity (Wildman–Crippen MR) is 290 cm³/mol. The Kier molecular flexibility index (Phi) is 6.89. The van der Waals surface area contributed by atoms with Crippen LogP contribution in [-0.2, 0) is 5.41 Å². The molecule has 12 aromatic carbocycles. The Hall–Kier alpha value is -9.18. The van der Waals surface area contributed by atoms with Crippen molar-refractivity contribution in [3.05, 3.63) is 253 Å². The topological polar surface area (TPSA) is 23.0 Å². The summed E-state index contributed by atoms with van der Waals surface area (Å²) in [6.07, 6.45) is 0. The highest BCUT2D eigenvalue weighted by Crippen LogP contribution is 2.64. The van der Waals surface area contributed by atoms with E-state index in [4.69, 9.17) is 4.42 Å². The monoisotopic (exact) mass is 886 g/mol. The highest BCUT2D eigenvalue weighted by atomic mass is 16.3. The average Bonchev–Trinajstić information content (AvgIpc) is 4.22. The van der Waals surface area contributed by atoms with Crippen LogP contribution in [0.15, 0.2) is 235 Å². The van der Waals surface area contributed by atoms with Crippen LogP contribution in [0.2, 0.25) is 0 Å². The molecule has 0 saturated heterocycles. The van der Waals surface area contributed by atoms with E-state index in [1.807, 2.05) is 0 Å². The predicted octanol–water partition coefficient (Wildman–Crippen LogP) is 17.5. The van der Waals surface area contributed by atoms with Crippen molar-refractivity contribution < 1.29 is 4.42 Å². The van der Waals surface area contributed by atoms with Crippen LogP contribution in [0, 0.1) is 0 Å². The van der Waals surface area contributed by atoms with Gasteiger partial charge in [-0.15, -0.1) is 0 Å². The van der Waals surface area contributed by atoms with E-state index in [0.29, 0.717) is 0 Å². The maximum atomic E-state index is 6.45. The molecule has 0 amide bonds. The number of hydrogen-bond donors (Lipinski definition) is 0. The Morgan fingerprint density at radius 1 is 0.300 bits per heavy atom. The third-order valence-corrected chi connectivity index (χ3v) is 16.3. The van der Waals surface area contributed by atoms with Crippen molar-refractivity contribution in [3.8, 4) is 44.8 Å². The summed E-state index contributed by atoms with van der Waals surface area (Å²) < 4.78 is 11.5. The number of para-hydroxylation sites is 3. The number of fused-ring (bicyclic) bond motifs is 20. The fourth-order valence-electron chi connectivity index (χ4n) is 13.7. The van der Waals surface area contributed by atoms with Crippen LogP contribution in [0.4, 0.5) is 0 Å². The van der Waals surface area contributed by atoms with Crippen molar-refractivity contribution in [1.29, 1.82) is 0 Å². The molecule has 0 atom stereocenters. The van der Waals surface area contributed by atoms with Crippen molar-refractivity contribution in [1.82, 2.24) is 9.13 Å². The number of nitrogens with zero attached hydrogens (tertiary/aromatic N) is 2. The Bertz CT molecular complexity index is 4730. The Labute approximate surface area is 401 Å². The molecule has 15 aromatic rings. The normalized spacial score (nSPS) is 13.5. The zero-order chi connectivity index (χ0) is 45.4. The van der Waals surface area contributed by atoms with Gasteiger partial charge in [0.1, 0.15) is 11.2 Å². The van der Waals surface area contributed by atoms with Crippen LogP contribution >= 0.6 is 0 Å². The van der Waals surface area contributed by atoms with E-state index in [1.54, 1.807) is 0 Å². The highest BCUT2D eigenvalue weighted by Gasteiger charge is 2.52. The van der Waals surface area contributed by atoms with E-state index < -0.39 is 5.41 Å². The minimum atomic E-state index is -0.558. The van der Waals surface area contributed by atoms with Gasteiger partial charge in [-0.1, -0.05) is 176 Å². The van der Waals surface area contributed by atoms with Gasteiger partial charge in [-0.05, 0) is 132 Å². The fraction of sp³-hybridized carbons (Fsp3) is 0.0149. The first-order chi connectivity index (χ1) is 34.8. The molecule has 17 rings (SSSR count). The molecule has 0 bridgehead atoms. The lowest BCUT2D eigenvalue weighted by atomic mass is 9.70. The summed E-state index contributed by atoms with van der Waals surface area (Å²) in [5, 5.41) is 12.3. The minimum Gasteiger partial charge on any atom is -0.456 e. The van der Waals surface area contributed by atoms with Crippen LogP contribution in [-0.4, -0.2) is 9.13 Å². The summed E-state index contributed by atoms with van der Waals surface area (Å²) in [5.41, 5.74) is 21.3. The number of rotatable bonds is 3. The molecular formula is C67H38N2O. The molecule has 0 radical (unpaired) electrons. The molecule has 3 aromatic heterocycles. The molecule has 3 heterocycles. The first-order valence-electron chi connectivity index (χ1n) is 24.3. The van der Waals surface area contributed by atoms with Crippen LogP contribution in [0.1, 0.15) is 22.3 Å². The summed E-state index contributed by atoms with van der Waals surface area (Å²) >= 11 is 0. The quantitative estimate of drug-likeness (QED) is 0.162. The summed E-state index contributed by atoms with van der Waals surface area (Å²) in [4.78, 5) is 0. The van der Waals surface area contributed by atoms with E-state index in [9.17, 15) is 0 Å². The minimum absolute atomic E-state index is 0.558. The van der Waals surface area contributed by atoms with Gasteiger partial charge in [0.05, 0.1) is 27.5 Å². The molecule has 0 saturated carbocycles. The third-order valence-electron chi connectivity index (χ3n) is 16.3. The highest BCUT2D eigenvalue weighted by molar-refractivity contribution is 6.33. The van der Waals surface area contributed by atoms with E-state index in [-0.39, 0.29) is 0 Å². The molecule has 0 aliphatic heterocycles. The maximum absolute atomic E-state index is 6.45. The molecule has 3 nitrogen and oxygen atoms in total. The van der Waals surface area contributed by atoms with Crippen molar-refractivity contribution in [2.24, 2.45) is 0 Å². The molecular weight excluding hydrogens is 849 g/mol. The van der Waals surface area contributed by atoms with Gasteiger partial charge in [-0.2, -0.15) is 0 Å². The van der Waals surface area contributed by atoms with Gasteiger partial charge < -0.3 is 13.6 Å². The van der Waals surface area contributed by atoms with Gasteiger partial charge in [0, 0.05) is 43.7 Å². The fourth-order valence-corrected chi connectivity index (χ4v) is 13.7. The average molecular weight is 887 g/mol. The summed E-state index contributed by atoms with van der Waals surface area (Å²) in [6.45, 7) is 0. The molecule has 0 unspecified atom stereocenters. The molecule has 2 aliphatic carbocycles. The number of furan rings is 1. The zero-order valence-corrected chi connectivity index (χ0v) is 37.7. The molecule has 1 spiro atoms. The van der Waals surface area contributed by atoms with Gasteiger partial charge in [0.2, 0.25) is 0 Å². The van der Waals surface area contributed by atoms with Crippen LogP contribution in [0.3, 0.4) is 0 Å². The Morgan fingerprint density at radius 3 is 1.51 bits per heavy atom. The van der Waals surface area contributed by atoms with E-state index in [0.717, 1.165) is 22.5 Å². The van der Waals surface area contributed by atoms with Gasteiger partial charge in [0.25, 0.3) is 0 Å². The SMILES string of the molecule is c1ccc(-n2c3ccccc3c3ccc4c5ccccc5n(-c5ccc6c(c5)C5(c7ccccc7-c7ccccc75)c5cccc(-c7ccc8c(c7)c7cccc9oc%10cccc8c%10c97)c5-6)c4c32)cc1. The maximum Gasteiger partial charge on any atom is 0.136 e. The molecule has 3 heteroatoms. The largest absolute Gasteiger partial charge is 0.456 e. The van der Waals surface area contributed by atoms with Gasteiger partial charge in [-0.25, -0.2) is 0 Å². The van der Waals surface area contributed by atoms with Crippen LogP contribution in [0.25, 0.3) is 132 Å². The zero-order valence-electron chi connectivity index (χ0n) is 37.7. The summed E-state index contributed by atoms with van der Waals surface area (Å²) in [7, 11) is 0. The van der Waals surface area contributed by atoms with E-state index in [2.05, 4.69) is 240 Å². The number of hydrogen-bond acceptors (Lipinski definition) is 1. The summed E-state index contributed by atoms with van der Waals surface area (Å²) in [6, 6.07) is 86.3. The van der Waals surface area contributed by atoms with E-state index >= 15 is 0 Å². The molecule has 70 heavy (non-hydrogen) atoms. The van der Waals surface area contributed by atoms with Crippen molar-refractivity contribution in [2.45, 2.75) is 5.41 Å². The lowest BCUT2D eigenvalue weighted by Gasteiger charge is -2.31. The summed E-state index contributed by atoms with van der Waals surface area (Å²) in [5.74, 6) is 0. The van der Waals surface area contributed by atoms with Crippen LogP contribution < -0.4 is 0 Å². The standard InChI is InChI=1S/C67H38N2O/c1-2-15-40(16-3-1)68-58-27-10-6-19-46(58)50-35-36-51-47-20-7-11-28-59(47)69(66(51)65(50)68)41-32-34-52-57(38-41)67(54-24-8-4-17-44(54)45-18-5-9-25-55(45)67)56-26-12-21-42(62(52)56)39-31-33-43-48-22-13-29-60-63(48)64-49(53(43)37-39)23-14-30-61(64)70-60/h1-38H. The molecule has 0 N–H and O–H groups in total. The molecule has 2 aliphatic rings. The lowest BCUT2D eigenvalue weighted by Crippen LogP contribution is -2.26. The van der Waals surface area contributed by atoms with Crippen molar-refractivity contribution in [3.63, 3.8) is 0 Å². The van der Waals surface area contributed by atoms with E-state index in [1.165, 1.54) is 132 Å². The second-order valence-electron chi connectivity index (χ2n) is 19.4.